The molecule has 1 aliphatic rings. The van der Waals surface area contributed by atoms with E-state index in [1.807, 2.05) is 18.2 Å². The van der Waals surface area contributed by atoms with Crippen LogP contribution in [0.3, 0.4) is 0 Å². The van der Waals surface area contributed by atoms with Crippen LogP contribution in [0.4, 0.5) is 5.69 Å². The van der Waals surface area contributed by atoms with E-state index in [4.69, 9.17) is 0 Å². The van der Waals surface area contributed by atoms with E-state index in [0.29, 0.717) is 18.7 Å². The summed E-state index contributed by atoms with van der Waals surface area (Å²) < 4.78 is 0. The first-order chi connectivity index (χ1) is 9.63. The van der Waals surface area contributed by atoms with E-state index in [9.17, 15) is 9.59 Å². The molecule has 1 amide bonds. The Morgan fingerprint density at radius 2 is 2.25 bits per heavy atom. The average molecular weight is 290 g/mol. The van der Waals surface area contributed by atoms with Gasteiger partial charge in [-0.1, -0.05) is 11.8 Å². The molecule has 6 nitrogen and oxygen atoms in total. The molecule has 2 heterocycles. The van der Waals surface area contributed by atoms with Crippen molar-refractivity contribution in [1.29, 1.82) is 0 Å². The lowest BCUT2D eigenvalue weighted by Gasteiger charge is -2.16. The number of anilines is 1. The van der Waals surface area contributed by atoms with Crippen molar-refractivity contribution in [1.82, 2.24) is 15.4 Å². The molecular formula is C13H14N4O2S. The molecule has 0 radical (unpaired) electrons. The van der Waals surface area contributed by atoms with Crippen LogP contribution in [0.25, 0.3) is 11.0 Å². The summed E-state index contributed by atoms with van der Waals surface area (Å²) in [6.45, 7) is 2.21. The van der Waals surface area contributed by atoms with E-state index in [2.05, 4.69) is 15.4 Å². The van der Waals surface area contributed by atoms with Crippen molar-refractivity contribution in [2.45, 2.75) is 13.3 Å². The van der Waals surface area contributed by atoms with Gasteiger partial charge in [-0.05, 0) is 24.1 Å². The van der Waals surface area contributed by atoms with Crippen LogP contribution < -0.4 is 4.90 Å². The molecule has 1 N–H and O–H groups in total. The number of hydrogen-bond donors (Lipinski definition) is 1. The van der Waals surface area contributed by atoms with E-state index in [0.717, 1.165) is 16.7 Å². The van der Waals surface area contributed by atoms with Crippen molar-refractivity contribution in [2.75, 3.05) is 17.2 Å². The van der Waals surface area contributed by atoms with Crippen LogP contribution >= 0.6 is 11.8 Å². The largest absolute Gasteiger partial charge is 0.312 e. The lowest BCUT2D eigenvalue weighted by molar-refractivity contribution is -0.117. The van der Waals surface area contributed by atoms with Gasteiger partial charge in [0.1, 0.15) is 11.0 Å². The first kappa shape index (κ1) is 13.1. The van der Waals surface area contributed by atoms with Crippen LogP contribution in [-0.4, -0.2) is 38.7 Å². The normalized spacial score (nSPS) is 18.9. The Bertz CT molecular complexity index is 669. The SMILES string of the molecule is CC(=O)SCC1CC(=O)N(c2ccc3n[nH]nc3c2)C1. The molecule has 2 aromatic rings. The molecule has 7 heteroatoms. The van der Waals surface area contributed by atoms with Gasteiger partial charge in [0.2, 0.25) is 5.91 Å². The molecule has 0 spiro atoms. The molecule has 1 aromatic heterocycles. The van der Waals surface area contributed by atoms with Crippen LogP contribution in [0.2, 0.25) is 0 Å². The Labute approximate surface area is 119 Å². The summed E-state index contributed by atoms with van der Waals surface area (Å²) in [7, 11) is 0. The van der Waals surface area contributed by atoms with Gasteiger partial charge in [0.05, 0.1) is 0 Å². The zero-order valence-electron chi connectivity index (χ0n) is 11.0. The van der Waals surface area contributed by atoms with E-state index in [1.165, 1.54) is 11.8 Å². The number of benzene rings is 1. The summed E-state index contributed by atoms with van der Waals surface area (Å²) in [6.07, 6.45) is 0.497. The number of H-pyrrole nitrogens is 1. The number of hydrogen-bond acceptors (Lipinski definition) is 5. The standard InChI is InChI=1S/C13H14N4O2S/c1-8(18)20-7-9-4-13(19)17(6-9)10-2-3-11-12(5-10)15-16-14-11/h2-3,5,9H,4,6-7H2,1H3,(H,14,15,16). The highest BCUT2D eigenvalue weighted by molar-refractivity contribution is 8.13. The van der Waals surface area contributed by atoms with Gasteiger partial charge in [-0.25, -0.2) is 0 Å². The maximum atomic E-state index is 12.1. The maximum Gasteiger partial charge on any atom is 0.227 e. The van der Waals surface area contributed by atoms with Crippen molar-refractivity contribution >= 4 is 39.5 Å². The van der Waals surface area contributed by atoms with Gasteiger partial charge < -0.3 is 4.90 Å². The Kier molecular flexibility index (Phi) is 3.43. The Hall–Kier alpha value is -1.89. The molecule has 1 aliphatic heterocycles. The minimum Gasteiger partial charge on any atom is -0.312 e. The monoisotopic (exact) mass is 290 g/mol. The fourth-order valence-electron chi connectivity index (χ4n) is 2.37. The second kappa shape index (κ2) is 5.24. The van der Waals surface area contributed by atoms with E-state index in [-0.39, 0.29) is 16.9 Å². The topological polar surface area (TPSA) is 79.0 Å². The maximum absolute atomic E-state index is 12.1. The van der Waals surface area contributed by atoms with E-state index >= 15 is 0 Å². The third kappa shape index (κ3) is 2.53. The van der Waals surface area contributed by atoms with Gasteiger partial charge in [-0.2, -0.15) is 15.4 Å². The molecule has 3 rings (SSSR count). The van der Waals surface area contributed by atoms with Crippen LogP contribution in [0.1, 0.15) is 13.3 Å². The molecule has 0 aliphatic carbocycles. The van der Waals surface area contributed by atoms with Crippen molar-refractivity contribution in [3.8, 4) is 0 Å². The van der Waals surface area contributed by atoms with Gasteiger partial charge >= 0.3 is 0 Å². The van der Waals surface area contributed by atoms with Crippen LogP contribution in [-0.2, 0) is 9.59 Å². The predicted molar refractivity (Wildman–Crippen MR) is 77.5 cm³/mol. The first-order valence-corrected chi connectivity index (χ1v) is 7.36. The Morgan fingerprint density at radius 1 is 1.45 bits per heavy atom. The Morgan fingerprint density at radius 3 is 3.05 bits per heavy atom. The summed E-state index contributed by atoms with van der Waals surface area (Å²) in [4.78, 5) is 24.9. The smallest absolute Gasteiger partial charge is 0.227 e. The molecule has 1 fully saturated rings. The highest BCUT2D eigenvalue weighted by Gasteiger charge is 2.30. The number of nitrogens with zero attached hydrogens (tertiary/aromatic N) is 3. The van der Waals surface area contributed by atoms with E-state index in [1.54, 1.807) is 11.8 Å². The number of aromatic nitrogens is 3. The van der Waals surface area contributed by atoms with Gasteiger partial charge in [-0.3, -0.25) is 9.59 Å². The second-order valence-corrected chi connectivity index (χ2v) is 6.07. The van der Waals surface area contributed by atoms with E-state index < -0.39 is 0 Å². The highest BCUT2D eigenvalue weighted by Crippen LogP contribution is 2.28. The predicted octanol–water partition coefficient (Wildman–Crippen LogP) is 1.59. The molecule has 0 saturated carbocycles. The fourth-order valence-corrected chi connectivity index (χ4v) is 3.07. The molecule has 1 aromatic carbocycles. The molecule has 1 saturated heterocycles. The number of aromatic amines is 1. The number of nitrogens with one attached hydrogen (secondary N) is 1. The lowest BCUT2D eigenvalue weighted by atomic mass is 10.1. The second-order valence-electron chi connectivity index (χ2n) is 4.87. The summed E-state index contributed by atoms with van der Waals surface area (Å²) in [5, 5.41) is 10.7. The number of thioether (sulfide) groups is 1. The van der Waals surface area contributed by atoms with Crippen molar-refractivity contribution in [3.05, 3.63) is 18.2 Å². The number of fused-ring (bicyclic) bond motifs is 1. The minimum atomic E-state index is 0.0971. The highest BCUT2D eigenvalue weighted by atomic mass is 32.2. The van der Waals surface area contributed by atoms with Gasteiger partial charge in [0.25, 0.3) is 0 Å². The quantitative estimate of drug-likeness (QED) is 0.928. The first-order valence-electron chi connectivity index (χ1n) is 6.38. The molecular weight excluding hydrogens is 276 g/mol. The third-order valence-corrected chi connectivity index (χ3v) is 4.38. The fraction of sp³-hybridized carbons (Fsp3) is 0.385. The number of carbonyl (C=O) groups is 2. The summed E-state index contributed by atoms with van der Waals surface area (Å²) >= 11 is 1.29. The third-order valence-electron chi connectivity index (χ3n) is 3.34. The lowest BCUT2D eigenvalue weighted by Crippen LogP contribution is -2.24. The van der Waals surface area contributed by atoms with Crippen LogP contribution in [0, 0.1) is 5.92 Å². The zero-order chi connectivity index (χ0) is 14.1. The summed E-state index contributed by atoms with van der Waals surface area (Å²) in [5.74, 6) is 1.02. The van der Waals surface area contributed by atoms with Crippen LogP contribution in [0.5, 0.6) is 0 Å². The minimum absolute atomic E-state index is 0.0971. The zero-order valence-corrected chi connectivity index (χ0v) is 11.8. The van der Waals surface area contributed by atoms with Gasteiger partial charge in [-0.15, -0.1) is 0 Å². The van der Waals surface area contributed by atoms with Gasteiger partial charge in [0, 0.05) is 31.3 Å². The van der Waals surface area contributed by atoms with Crippen LogP contribution in [0.15, 0.2) is 18.2 Å². The van der Waals surface area contributed by atoms with Crippen molar-refractivity contribution in [3.63, 3.8) is 0 Å². The average Bonchev–Trinajstić information content (AvgIpc) is 3.01. The summed E-state index contributed by atoms with van der Waals surface area (Å²) in [6, 6.07) is 5.58. The summed E-state index contributed by atoms with van der Waals surface area (Å²) in [5.41, 5.74) is 2.37. The molecule has 20 heavy (non-hydrogen) atoms. The molecule has 0 bridgehead atoms. The Balaban J connectivity index is 1.76. The van der Waals surface area contributed by atoms with Crippen molar-refractivity contribution < 1.29 is 9.59 Å². The molecule has 1 unspecified atom stereocenters. The molecule has 104 valence electrons. The van der Waals surface area contributed by atoms with Gasteiger partial charge in [0.15, 0.2) is 5.12 Å². The van der Waals surface area contributed by atoms with Crippen molar-refractivity contribution in [2.24, 2.45) is 5.92 Å². The number of amides is 1. The number of carbonyl (C=O) groups excluding carboxylic acids is 2. The number of rotatable bonds is 3. The molecule has 1 atom stereocenters.